The first kappa shape index (κ1) is 12.3. The lowest BCUT2D eigenvalue weighted by molar-refractivity contribution is -0.275. The van der Waals surface area contributed by atoms with E-state index in [9.17, 15) is 13.2 Å². The summed E-state index contributed by atoms with van der Waals surface area (Å²) >= 11 is 1.87. The molecule has 0 saturated carbocycles. The zero-order chi connectivity index (χ0) is 11.6. The summed E-state index contributed by atoms with van der Waals surface area (Å²) in [4.78, 5) is 3.69. The summed E-state index contributed by atoms with van der Waals surface area (Å²) in [5, 5.41) is 0. The van der Waals surface area contributed by atoms with Crippen LogP contribution in [0, 0.1) is 10.5 Å². The molecule has 0 bridgehead atoms. The van der Waals surface area contributed by atoms with Crippen molar-refractivity contribution in [3.05, 3.63) is 15.3 Å². The molecule has 0 amide bonds. The number of alkyl halides is 3. The van der Waals surface area contributed by atoms with Crippen LogP contribution in [0.5, 0.6) is 11.6 Å². The van der Waals surface area contributed by atoms with Crippen molar-refractivity contribution in [2.75, 3.05) is 7.11 Å². The molecule has 1 rings (SSSR count). The number of nitrogens with zero attached hydrogens (tertiary/aromatic N) is 1. The van der Waals surface area contributed by atoms with Gasteiger partial charge in [0.05, 0.1) is 7.11 Å². The van der Waals surface area contributed by atoms with Gasteiger partial charge < -0.3 is 9.47 Å². The zero-order valence-electron chi connectivity index (χ0n) is 7.85. The van der Waals surface area contributed by atoms with E-state index in [4.69, 9.17) is 0 Å². The van der Waals surface area contributed by atoms with Gasteiger partial charge in [0.1, 0.15) is 0 Å². The predicted molar refractivity (Wildman–Crippen MR) is 54.9 cm³/mol. The van der Waals surface area contributed by atoms with E-state index in [1.807, 2.05) is 22.6 Å². The molecule has 0 saturated heterocycles. The number of ether oxygens (including phenoxy) is 2. The maximum Gasteiger partial charge on any atom is 0.573 e. The first-order chi connectivity index (χ1) is 6.85. The summed E-state index contributed by atoms with van der Waals surface area (Å²) in [6.07, 6.45) is -3.33. The molecule has 7 heteroatoms. The van der Waals surface area contributed by atoms with Crippen LogP contribution < -0.4 is 9.47 Å². The molecule has 3 nitrogen and oxygen atoms in total. The van der Waals surface area contributed by atoms with Crippen LogP contribution in [0.25, 0.3) is 0 Å². The summed E-state index contributed by atoms with van der Waals surface area (Å²) in [7, 11) is 1.23. The minimum atomic E-state index is -4.75. The van der Waals surface area contributed by atoms with Crippen LogP contribution in [-0.2, 0) is 0 Å². The molecular weight excluding hydrogens is 326 g/mol. The van der Waals surface area contributed by atoms with E-state index in [1.54, 1.807) is 0 Å². The fourth-order valence-corrected chi connectivity index (χ4v) is 1.31. The van der Waals surface area contributed by atoms with Crippen LogP contribution in [0.3, 0.4) is 0 Å². The van der Waals surface area contributed by atoms with Crippen molar-refractivity contribution in [2.45, 2.75) is 13.3 Å². The fourth-order valence-electron chi connectivity index (χ4n) is 0.921. The highest BCUT2D eigenvalue weighted by atomic mass is 127. The molecule has 1 heterocycles. The Morgan fingerprint density at radius 2 is 2.00 bits per heavy atom. The molecule has 1 aromatic heterocycles. The average molecular weight is 333 g/mol. The second kappa shape index (κ2) is 4.42. The molecule has 0 radical (unpaired) electrons. The van der Waals surface area contributed by atoms with Gasteiger partial charge in [-0.3, -0.25) is 0 Å². The number of pyridine rings is 1. The van der Waals surface area contributed by atoms with Gasteiger partial charge in [-0.25, -0.2) is 4.98 Å². The lowest BCUT2D eigenvalue weighted by atomic mass is 10.3. The number of halogens is 4. The van der Waals surface area contributed by atoms with Crippen LogP contribution in [0.4, 0.5) is 13.2 Å². The molecule has 1 aromatic rings. The SMILES string of the molecule is COc1ncc(I)c(C)c1OC(F)(F)F. The molecule has 0 fully saturated rings. The van der Waals surface area contributed by atoms with Gasteiger partial charge in [-0.1, -0.05) is 0 Å². The van der Waals surface area contributed by atoms with Crippen molar-refractivity contribution in [3.63, 3.8) is 0 Å². The lowest BCUT2D eigenvalue weighted by Crippen LogP contribution is -2.19. The molecule has 15 heavy (non-hydrogen) atoms. The van der Waals surface area contributed by atoms with E-state index in [1.165, 1.54) is 20.2 Å². The summed E-state index contributed by atoms with van der Waals surface area (Å²) in [5.74, 6) is -0.567. The lowest BCUT2D eigenvalue weighted by Gasteiger charge is -2.14. The maximum absolute atomic E-state index is 12.1. The van der Waals surface area contributed by atoms with Gasteiger partial charge in [0, 0.05) is 15.3 Å². The predicted octanol–water partition coefficient (Wildman–Crippen LogP) is 2.90. The van der Waals surface area contributed by atoms with E-state index in [-0.39, 0.29) is 5.88 Å². The Hall–Kier alpha value is -0.730. The van der Waals surface area contributed by atoms with Crippen LogP contribution in [0.1, 0.15) is 5.56 Å². The standard InChI is InChI=1S/C8H7F3INO2/c1-4-5(12)3-13-7(14-2)6(4)15-8(9,10)11/h3H,1-2H3. The molecular formula is C8H7F3INO2. The molecule has 0 atom stereocenters. The molecule has 0 spiro atoms. The molecule has 0 aliphatic carbocycles. The van der Waals surface area contributed by atoms with Gasteiger partial charge in [0.15, 0.2) is 5.75 Å². The number of methoxy groups -OCH3 is 1. The molecule has 0 aliphatic rings. The third-order valence-electron chi connectivity index (χ3n) is 1.60. The molecule has 0 aromatic carbocycles. The van der Waals surface area contributed by atoms with E-state index in [2.05, 4.69) is 14.5 Å². The normalized spacial score (nSPS) is 11.3. The molecule has 0 aliphatic heterocycles. The molecule has 0 N–H and O–H groups in total. The van der Waals surface area contributed by atoms with Crippen molar-refractivity contribution < 1.29 is 22.6 Å². The zero-order valence-corrected chi connectivity index (χ0v) is 10.0. The van der Waals surface area contributed by atoms with E-state index in [0.29, 0.717) is 9.13 Å². The fraction of sp³-hybridized carbons (Fsp3) is 0.375. The highest BCUT2D eigenvalue weighted by Crippen LogP contribution is 2.35. The van der Waals surface area contributed by atoms with Gasteiger partial charge in [-0.05, 0) is 29.5 Å². The Balaban J connectivity index is 3.18. The topological polar surface area (TPSA) is 31.4 Å². The maximum atomic E-state index is 12.1. The number of aromatic nitrogens is 1. The van der Waals surface area contributed by atoms with E-state index < -0.39 is 12.1 Å². The summed E-state index contributed by atoms with van der Waals surface area (Å²) in [6, 6.07) is 0. The van der Waals surface area contributed by atoms with Crippen molar-refractivity contribution >= 4 is 22.6 Å². The highest BCUT2D eigenvalue weighted by molar-refractivity contribution is 14.1. The van der Waals surface area contributed by atoms with Gasteiger partial charge in [-0.2, -0.15) is 0 Å². The number of hydrogen-bond donors (Lipinski definition) is 0. The molecule has 0 unspecified atom stereocenters. The Morgan fingerprint density at radius 3 is 2.47 bits per heavy atom. The third kappa shape index (κ3) is 3.11. The van der Waals surface area contributed by atoms with Gasteiger partial charge in [-0.15, -0.1) is 13.2 Å². The van der Waals surface area contributed by atoms with Crippen LogP contribution in [0.2, 0.25) is 0 Å². The van der Waals surface area contributed by atoms with Crippen molar-refractivity contribution in [2.24, 2.45) is 0 Å². The first-order valence-corrected chi connectivity index (χ1v) is 4.88. The molecule has 84 valence electrons. The average Bonchev–Trinajstić information content (AvgIpc) is 2.11. The van der Waals surface area contributed by atoms with Crippen molar-refractivity contribution in [1.29, 1.82) is 0 Å². The first-order valence-electron chi connectivity index (χ1n) is 3.80. The Morgan fingerprint density at radius 1 is 1.40 bits per heavy atom. The quantitative estimate of drug-likeness (QED) is 0.780. The minimum Gasteiger partial charge on any atom is -0.478 e. The summed E-state index contributed by atoms with van der Waals surface area (Å²) in [5.41, 5.74) is 0.347. The summed E-state index contributed by atoms with van der Waals surface area (Å²) < 4.78 is 45.3. The number of hydrogen-bond acceptors (Lipinski definition) is 3. The van der Waals surface area contributed by atoms with Gasteiger partial charge >= 0.3 is 6.36 Å². The monoisotopic (exact) mass is 333 g/mol. The van der Waals surface area contributed by atoms with Crippen molar-refractivity contribution in [3.8, 4) is 11.6 Å². The van der Waals surface area contributed by atoms with E-state index in [0.717, 1.165) is 0 Å². The summed E-state index contributed by atoms with van der Waals surface area (Å²) in [6.45, 7) is 1.51. The third-order valence-corrected chi connectivity index (χ3v) is 2.69. The van der Waals surface area contributed by atoms with E-state index >= 15 is 0 Å². The van der Waals surface area contributed by atoms with Crippen LogP contribution in [0.15, 0.2) is 6.20 Å². The van der Waals surface area contributed by atoms with Crippen LogP contribution in [-0.4, -0.2) is 18.5 Å². The highest BCUT2D eigenvalue weighted by Gasteiger charge is 2.34. The van der Waals surface area contributed by atoms with Crippen molar-refractivity contribution in [1.82, 2.24) is 4.98 Å². The Labute approximate surface area is 97.7 Å². The Kier molecular flexibility index (Phi) is 3.63. The number of rotatable bonds is 2. The second-order valence-corrected chi connectivity index (χ2v) is 3.78. The largest absolute Gasteiger partial charge is 0.573 e. The van der Waals surface area contributed by atoms with Gasteiger partial charge in [0.25, 0.3) is 5.88 Å². The Bertz CT molecular complexity index is 368. The smallest absolute Gasteiger partial charge is 0.478 e. The van der Waals surface area contributed by atoms with Gasteiger partial charge in [0.2, 0.25) is 0 Å². The van der Waals surface area contributed by atoms with Crippen LogP contribution >= 0.6 is 22.6 Å². The second-order valence-electron chi connectivity index (χ2n) is 2.62. The minimum absolute atomic E-state index is 0.176.